The van der Waals surface area contributed by atoms with Crippen molar-refractivity contribution in [3.63, 3.8) is 0 Å². The number of hydrogen-bond donors (Lipinski definition) is 0. The van der Waals surface area contributed by atoms with Crippen LogP contribution in [0.5, 0.6) is 0 Å². The second-order valence-electron chi connectivity index (χ2n) is 19.8. The van der Waals surface area contributed by atoms with Gasteiger partial charge in [-0.15, -0.1) is 0 Å². The second kappa shape index (κ2) is 15.6. The Labute approximate surface area is 399 Å². The molecule has 0 radical (unpaired) electrons. The predicted molar refractivity (Wildman–Crippen MR) is 288 cm³/mol. The van der Waals surface area contributed by atoms with Gasteiger partial charge in [0.25, 0.3) is 0 Å². The van der Waals surface area contributed by atoms with Crippen molar-refractivity contribution in [3.8, 4) is 11.4 Å². The number of fused-ring (bicyclic) bond motifs is 9. The lowest BCUT2D eigenvalue weighted by Gasteiger charge is -2.42. The van der Waals surface area contributed by atoms with Crippen molar-refractivity contribution in [2.75, 3.05) is 4.90 Å². The molecule has 13 rings (SSSR count). The molecule has 2 aliphatic rings. The van der Waals surface area contributed by atoms with E-state index >= 15 is 0 Å². The van der Waals surface area contributed by atoms with Gasteiger partial charge in [-0.2, -0.15) is 0 Å². The molecule has 0 saturated heterocycles. The molecule has 9 aromatic carbocycles. The van der Waals surface area contributed by atoms with Crippen molar-refractivity contribution >= 4 is 73.0 Å². The fourth-order valence-corrected chi connectivity index (χ4v) is 12.3. The zero-order chi connectivity index (χ0) is 45.7. The number of rotatable bonds is 9. The minimum absolute atomic E-state index is 0.103. The number of anilines is 3. The van der Waals surface area contributed by atoms with Crippen molar-refractivity contribution < 1.29 is 0 Å². The van der Waals surface area contributed by atoms with Gasteiger partial charge in [-0.05, 0) is 130 Å². The molecule has 68 heavy (non-hydrogen) atoms. The Hall–Kier alpha value is -7.82. The maximum atomic E-state index is 2.65. The van der Waals surface area contributed by atoms with Crippen LogP contribution in [0.3, 0.4) is 0 Å². The topological polar surface area (TPSA) is 13.1 Å². The quantitative estimate of drug-likeness (QED) is 0.132. The van der Waals surface area contributed by atoms with Gasteiger partial charge in [0.15, 0.2) is 0 Å². The van der Waals surface area contributed by atoms with E-state index in [2.05, 4.69) is 260 Å². The highest BCUT2D eigenvalue weighted by Crippen LogP contribution is 2.47. The summed E-state index contributed by atoms with van der Waals surface area (Å²) < 4.78 is 5.19. The van der Waals surface area contributed by atoms with E-state index in [0.29, 0.717) is 11.8 Å². The first kappa shape index (κ1) is 40.5. The van der Waals surface area contributed by atoms with Crippen molar-refractivity contribution in [2.45, 2.75) is 51.4 Å². The average Bonchev–Trinajstić information content (AvgIpc) is 3.90. The van der Waals surface area contributed by atoms with E-state index in [9.17, 15) is 0 Å². The highest BCUT2D eigenvalue weighted by Gasteiger charge is 2.46. The van der Waals surface area contributed by atoms with Crippen LogP contribution in [0.1, 0.15) is 66.0 Å². The molecular formula is C64H52BN3. The summed E-state index contributed by atoms with van der Waals surface area (Å²) in [4.78, 5) is 2.37. The molecule has 3 nitrogen and oxygen atoms in total. The zero-order valence-electron chi connectivity index (χ0n) is 39.1. The maximum absolute atomic E-state index is 2.65. The summed E-state index contributed by atoms with van der Waals surface area (Å²) in [6.07, 6.45) is 0.993. The summed E-state index contributed by atoms with van der Waals surface area (Å²) in [6, 6.07) is 81.4. The summed E-state index contributed by atoms with van der Waals surface area (Å²) in [6.45, 7) is 9.79. The molecule has 0 aliphatic carbocycles. The summed E-state index contributed by atoms with van der Waals surface area (Å²) in [7, 11) is 0. The molecule has 0 bridgehead atoms. The van der Waals surface area contributed by atoms with Gasteiger partial charge < -0.3 is 14.0 Å². The third-order valence-corrected chi connectivity index (χ3v) is 15.5. The highest BCUT2D eigenvalue weighted by molar-refractivity contribution is 6.99. The van der Waals surface area contributed by atoms with Gasteiger partial charge in [-0.25, -0.2) is 0 Å². The lowest BCUT2D eigenvalue weighted by atomic mass is 9.30. The summed E-state index contributed by atoms with van der Waals surface area (Å²) in [5, 5.41) is 2.51. The van der Waals surface area contributed by atoms with Crippen LogP contribution < -0.4 is 21.3 Å². The molecule has 11 aromatic rings. The molecule has 4 heterocycles. The van der Waals surface area contributed by atoms with Crippen LogP contribution in [0, 0.1) is 6.92 Å². The molecule has 4 heteroatoms. The lowest BCUT2D eigenvalue weighted by Crippen LogP contribution is -2.63. The first-order valence-corrected chi connectivity index (χ1v) is 24.3. The Kier molecular flexibility index (Phi) is 9.31. The maximum Gasteiger partial charge on any atom is 0.247 e. The van der Waals surface area contributed by atoms with E-state index in [-0.39, 0.29) is 12.1 Å². The number of para-hydroxylation sites is 4. The Bertz CT molecular complexity index is 3660. The van der Waals surface area contributed by atoms with Gasteiger partial charge >= 0.3 is 0 Å². The summed E-state index contributed by atoms with van der Waals surface area (Å²) >= 11 is 0. The molecule has 0 spiro atoms. The SMILES string of the molecule is Cc1cc2c3c(c1)C(C)(C)c1cc(C(C)[C@@H](Cc4ccccc4)c4ccccc4)ccc1B3c1cccc3c1n-2c1c2ccc(N(c4ccccc4)c4ccccc4)cc2n(-c2ccccc2)c31. The van der Waals surface area contributed by atoms with Gasteiger partial charge in [-0.1, -0.05) is 184 Å². The van der Waals surface area contributed by atoms with E-state index in [0.717, 1.165) is 29.2 Å². The van der Waals surface area contributed by atoms with Gasteiger partial charge in [0.1, 0.15) is 0 Å². The Morgan fingerprint density at radius 2 is 1.13 bits per heavy atom. The Morgan fingerprint density at radius 1 is 0.500 bits per heavy atom. The van der Waals surface area contributed by atoms with Crippen molar-refractivity contribution in [1.29, 1.82) is 0 Å². The van der Waals surface area contributed by atoms with Crippen LogP contribution >= 0.6 is 0 Å². The molecule has 2 aliphatic heterocycles. The van der Waals surface area contributed by atoms with Gasteiger partial charge in [0.2, 0.25) is 6.71 Å². The summed E-state index contributed by atoms with van der Waals surface area (Å²) in [5.74, 6) is 0.644. The number of aryl methyl sites for hydroxylation is 1. The molecule has 1 unspecified atom stereocenters. The molecular weight excluding hydrogens is 822 g/mol. The number of hydrogen-bond acceptors (Lipinski definition) is 1. The van der Waals surface area contributed by atoms with Crippen LogP contribution in [-0.2, 0) is 11.8 Å². The van der Waals surface area contributed by atoms with Crippen molar-refractivity contribution in [3.05, 3.63) is 252 Å². The van der Waals surface area contributed by atoms with Crippen LogP contribution in [0.15, 0.2) is 218 Å². The van der Waals surface area contributed by atoms with E-state index < -0.39 is 0 Å². The van der Waals surface area contributed by atoms with Crippen molar-refractivity contribution in [2.24, 2.45) is 0 Å². The first-order valence-electron chi connectivity index (χ1n) is 24.3. The number of aromatic nitrogens is 2. The van der Waals surface area contributed by atoms with Gasteiger partial charge in [0, 0.05) is 44.6 Å². The first-order chi connectivity index (χ1) is 33.3. The van der Waals surface area contributed by atoms with Crippen LogP contribution in [0.25, 0.3) is 44.2 Å². The van der Waals surface area contributed by atoms with Gasteiger partial charge in [0.05, 0.1) is 22.1 Å². The normalized spacial score (nSPS) is 14.2. The van der Waals surface area contributed by atoms with Crippen LogP contribution in [0.4, 0.5) is 17.1 Å². The second-order valence-corrected chi connectivity index (χ2v) is 19.8. The van der Waals surface area contributed by atoms with E-state index in [1.54, 1.807) is 0 Å². The molecule has 326 valence electrons. The third-order valence-electron chi connectivity index (χ3n) is 15.5. The zero-order valence-corrected chi connectivity index (χ0v) is 39.1. The lowest BCUT2D eigenvalue weighted by molar-refractivity contribution is 0.569. The largest absolute Gasteiger partial charge is 0.310 e. The molecule has 0 fully saturated rings. The highest BCUT2D eigenvalue weighted by atomic mass is 15.1. The predicted octanol–water partition coefficient (Wildman–Crippen LogP) is 14.1. The van der Waals surface area contributed by atoms with E-state index in [1.807, 2.05) is 0 Å². The minimum Gasteiger partial charge on any atom is -0.310 e. The monoisotopic (exact) mass is 873 g/mol. The molecule has 2 atom stereocenters. The Balaban J connectivity index is 1.04. The molecule has 0 saturated carbocycles. The standard InChI is InChI=1S/C64H52BN3/c1-42-37-55-60-59(38-42)68-61-52(63-62(68)51-35-34-50(41-58(51)67(63)49-29-18-9-19-30-49)66(47-25-14-7-15-26-47)48-27-16-8-17-28-48)31-20-32-57(61)65(60)56-36-33-46(40-54(56)64(55,3)4)43(2)53(45-23-12-6-13-24-45)39-44-21-10-5-11-22-44/h5-38,40-41,43,53H,39H2,1-4H3/t43?,53-/m1/s1. The number of nitrogens with zero attached hydrogens (tertiary/aromatic N) is 3. The van der Waals surface area contributed by atoms with Crippen molar-refractivity contribution in [1.82, 2.24) is 9.13 Å². The summed E-state index contributed by atoms with van der Waals surface area (Å²) in [5.41, 5.74) is 23.2. The van der Waals surface area contributed by atoms with Crippen LogP contribution in [-0.4, -0.2) is 15.8 Å². The minimum atomic E-state index is -0.234. The average molecular weight is 874 g/mol. The fourth-order valence-electron chi connectivity index (χ4n) is 12.3. The Morgan fingerprint density at radius 3 is 1.82 bits per heavy atom. The number of benzene rings is 9. The van der Waals surface area contributed by atoms with E-state index in [1.165, 1.54) is 88.3 Å². The smallest absolute Gasteiger partial charge is 0.247 e. The van der Waals surface area contributed by atoms with E-state index in [4.69, 9.17) is 0 Å². The van der Waals surface area contributed by atoms with Gasteiger partial charge in [-0.3, -0.25) is 0 Å². The third kappa shape index (κ3) is 6.13. The fraction of sp³-hybridized carbons (Fsp3) is 0.125. The molecule has 0 N–H and O–H groups in total. The molecule has 2 aromatic heterocycles. The molecule has 0 amide bonds. The van der Waals surface area contributed by atoms with Crippen LogP contribution in [0.2, 0.25) is 0 Å².